The zero-order valence-electron chi connectivity index (χ0n) is 23.2. The van der Waals surface area contributed by atoms with Crippen molar-refractivity contribution in [2.45, 2.75) is 0 Å². The van der Waals surface area contributed by atoms with E-state index in [1.54, 1.807) is 0 Å². The number of nitrogens with zero attached hydrogens (tertiary/aromatic N) is 5. The van der Waals surface area contributed by atoms with Gasteiger partial charge in [0.15, 0.2) is 5.65 Å². The molecule has 0 bridgehead atoms. The van der Waals surface area contributed by atoms with Crippen molar-refractivity contribution >= 4 is 43.9 Å². The quantitative estimate of drug-likeness (QED) is 0.219. The molecule has 0 fully saturated rings. The van der Waals surface area contributed by atoms with Crippen LogP contribution in [0.15, 0.2) is 152 Å². The Morgan fingerprint density at radius 3 is 1.98 bits per heavy atom. The van der Waals surface area contributed by atoms with Crippen LogP contribution in [0.3, 0.4) is 0 Å². The molecule has 0 aliphatic rings. The van der Waals surface area contributed by atoms with Crippen molar-refractivity contribution in [2.75, 3.05) is 0 Å². The number of hydrogen-bond donors (Lipinski definition) is 0. The maximum absolute atomic E-state index is 5.34. The third kappa shape index (κ3) is 3.52. The highest BCUT2D eigenvalue weighted by Gasteiger charge is 2.22. The van der Waals surface area contributed by atoms with E-state index >= 15 is 0 Å². The number of para-hydroxylation sites is 3. The Labute approximate surface area is 247 Å². The lowest BCUT2D eigenvalue weighted by atomic mass is 10.1. The summed E-state index contributed by atoms with van der Waals surface area (Å²) in [5, 5.41) is 3.61. The number of hydrogen-bond acceptors (Lipinski definition) is 2. The van der Waals surface area contributed by atoms with Gasteiger partial charge in [-0.15, -0.1) is 0 Å². The van der Waals surface area contributed by atoms with E-state index in [9.17, 15) is 0 Å². The number of benzene rings is 5. The lowest BCUT2D eigenvalue weighted by Crippen LogP contribution is -1.99. The summed E-state index contributed by atoms with van der Waals surface area (Å²) in [5.41, 5.74) is 9.35. The molecule has 0 spiro atoms. The van der Waals surface area contributed by atoms with Gasteiger partial charge >= 0.3 is 0 Å². The Hall–Kier alpha value is -5.94. The molecular weight excluding hydrogens is 526 g/mol. The summed E-state index contributed by atoms with van der Waals surface area (Å²) in [6, 6.07) is 48.7. The Morgan fingerprint density at radius 1 is 0.488 bits per heavy atom. The summed E-state index contributed by atoms with van der Waals surface area (Å²) in [6.45, 7) is 0. The van der Waals surface area contributed by atoms with Gasteiger partial charge in [-0.25, -0.2) is 9.97 Å². The van der Waals surface area contributed by atoms with Gasteiger partial charge in [0.05, 0.1) is 22.2 Å². The summed E-state index contributed by atoms with van der Waals surface area (Å²) in [4.78, 5) is 10.3. The number of pyridine rings is 1. The maximum Gasteiger partial charge on any atom is 0.167 e. The molecule has 0 N–H and O–H groups in total. The molecule has 4 aromatic heterocycles. The second-order valence-electron chi connectivity index (χ2n) is 10.7. The molecule has 0 amide bonds. The summed E-state index contributed by atoms with van der Waals surface area (Å²) in [5.74, 6) is 0.864. The van der Waals surface area contributed by atoms with E-state index < -0.39 is 0 Å². The van der Waals surface area contributed by atoms with Gasteiger partial charge in [0.1, 0.15) is 11.3 Å². The van der Waals surface area contributed by atoms with Crippen molar-refractivity contribution in [3.8, 4) is 28.5 Å². The second-order valence-corrected chi connectivity index (χ2v) is 10.7. The summed E-state index contributed by atoms with van der Waals surface area (Å²) < 4.78 is 6.81. The van der Waals surface area contributed by atoms with E-state index in [0.717, 1.165) is 56.2 Å². The molecule has 0 radical (unpaired) electrons. The van der Waals surface area contributed by atoms with E-state index in [2.05, 4.69) is 147 Å². The van der Waals surface area contributed by atoms with Crippen molar-refractivity contribution in [2.24, 2.45) is 0 Å². The Balaban J connectivity index is 1.41. The van der Waals surface area contributed by atoms with Crippen molar-refractivity contribution < 1.29 is 0 Å². The van der Waals surface area contributed by atoms with Crippen molar-refractivity contribution in [3.05, 3.63) is 152 Å². The molecular formula is C38H25N5. The van der Waals surface area contributed by atoms with Crippen LogP contribution in [0.2, 0.25) is 0 Å². The largest absolute Gasteiger partial charge is 0.316 e. The van der Waals surface area contributed by atoms with Gasteiger partial charge in [0.2, 0.25) is 0 Å². The van der Waals surface area contributed by atoms with Gasteiger partial charge in [-0.3, -0.25) is 4.57 Å². The smallest absolute Gasteiger partial charge is 0.167 e. The minimum atomic E-state index is 0.822. The molecule has 5 nitrogen and oxygen atoms in total. The van der Waals surface area contributed by atoms with Gasteiger partial charge in [0.25, 0.3) is 0 Å². The third-order valence-electron chi connectivity index (χ3n) is 8.35. The molecule has 9 rings (SSSR count). The molecule has 9 aromatic rings. The predicted octanol–water partition coefficient (Wildman–Crippen LogP) is 9.13. The fourth-order valence-corrected chi connectivity index (χ4v) is 6.48. The highest BCUT2D eigenvalue weighted by atomic mass is 15.2. The summed E-state index contributed by atoms with van der Waals surface area (Å²) in [7, 11) is 0. The molecule has 5 aromatic carbocycles. The first-order chi connectivity index (χ1) is 21.4. The summed E-state index contributed by atoms with van der Waals surface area (Å²) in [6.07, 6.45) is 4.07. The monoisotopic (exact) mass is 551 g/mol. The predicted molar refractivity (Wildman–Crippen MR) is 175 cm³/mol. The molecule has 0 aliphatic heterocycles. The number of aromatic nitrogens is 5. The minimum Gasteiger partial charge on any atom is -0.316 e. The normalized spacial score (nSPS) is 11.7. The van der Waals surface area contributed by atoms with Crippen LogP contribution in [0.1, 0.15) is 0 Å². The average molecular weight is 552 g/mol. The third-order valence-corrected chi connectivity index (χ3v) is 8.35. The molecule has 0 aliphatic carbocycles. The second kappa shape index (κ2) is 9.29. The molecule has 202 valence electrons. The van der Waals surface area contributed by atoms with Gasteiger partial charge in [0, 0.05) is 45.5 Å². The molecule has 0 saturated heterocycles. The van der Waals surface area contributed by atoms with Crippen molar-refractivity contribution in [1.29, 1.82) is 0 Å². The first kappa shape index (κ1) is 23.7. The van der Waals surface area contributed by atoms with Crippen LogP contribution in [0.25, 0.3) is 72.3 Å². The van der Waals surface area contributed by atoms with E-state index in [1.807, 2.05) is 18.3 Å². The highest BCUT2D eigenvalue weighted by molar-refractivity contribution is 6.19. The first-order valence-corrected chi connectivity index (χ1v) is 14.4. The number of fused-ring (bicyclic) bond motifs is 6. The molecule has 0 atom stereocenters. The zero-order valence-corrected chi connectivity index (χ0v) is 23.2. The molecule has 43 heavy (non-hydrogen) atoms. The molecule has 0 unspecified atom stereocenters. The Bertz CT molecular complexity index is 2430. The highest BCUT2D eigenvalue weighted by Crippen LogP contribution is 2.39. The van der Waals surface area contributed by atoms with Crippen molar-refractivity contribution in [3.63, 3.8) is 0 Å². The number of imidazole rings is 1. The van der Waals surface area contributed by atoms with E-state index in [0.29, 0.717) is 0 Å². The Morgan fingerprint density at radius 2 is 1.19 bits per heavy atom. The van der Waals surface area contributed by atoms with Crippen LogP contribution in [0, 0.1) is 0 Å². The summed E-state index contributed by atoms with van der Waals surface area (Å²) >= 11 is 0. The number of rotatable bonds is 4. The van der Waals surface area contributed by atoms with Crippen LogP contribution >= 0.6 is 0 Å². The van der Waals surface area contributed by atoms with E-state index in [1.165, 1.54) is 16.2 Å². The molecule has 0 saturated carbocycles. The molecule has 4 heterocycles. The standard InChI is InChI=1S/C38H25N5/c1-4-12-26(13-5-1)37-40-35-34(22-24-39-38(35)42(37)28-16-8-3-9-17-28)43-33-19-11-10-18-29(33)30-20-21-32-31(36(30)43)23-25-41(32)27-14-6-2-7-15-27/h1-25H. The van der Waals surface area contributed by atoms with Crippen LogP contribution < -0.4 is 0 Å². The van der Waals surface area contributed by atoms with Crippen LogP contribution in [-0.4, -0.2) is 23.7 Å². The lowest BCUT2D eigenvalue weighted by Gasteiger charge is -2.11. The van der Waals surface area contributed by atoms with Gasteiger partial charge in [-0.1, -0.05) is 91.0 Å². The fourth-order valence-electron chi connectivity index (χ4n) is 6.48. The fraction of sp³-hybridized carbons (Fsp3) is 0. The van der Waals surface area contributed by atoms with Crippen LogP contribution in [0.5, 0.6) is 0 Å². The van der Waals surface area contributed by atoms with Crippen molar-refractivity contribution in [1.82, 2.24) is 23.7 Å². The SMILES string of the molecule is c1ccc(-c2nc3c(-n4c5ccccc5c5ccc6c(ccn6-c6ccccc6)c54)ccnc3n2-c2ccccc2)cc1. The minimum absolute atomic E-state index is 0.822. The van der Waals surface area contributed by atoms with E-state index in [-0.39, 0.29) is 0 Å². The first-order valence-electron chi connectivity index (χ1n) is 14.4. The molecule has 5 heteroatoms. The average Bonchev–Trinajstić information content (AvgIpc) is 3.78. The lowest BCUT2D eigenvalue weighted by molar-refractivity contribution is 1.08. The van der Waals surface area contributed by atoms with Gasteiger partial charge < -0.3 is 9.13 Å². The maximum atomic E-state index is 5.34. The van der Waals surface area contributed by atoms with Gasteiger partial charge in [-0.2, -0.15) is 0 Å². The Kier molecular flexibility index (Phi) is 5.13. The van der Waals surface area contributed by atoms with Gasteiger partial charge in [-0.05, 0) is 48.5 Å². The zero-order chi connectivity index (χ0) is 28.3. The van der Waals surface area contributed by atoms with E-state index in [4.69, 9.17) is 9.97 Å². The van der Waals surface area contributed by atoms with Crippen LogP contribution in [-0.2, 0) is 0 Å². The topological polar surface area (TPSA) is 40.6 Å². The van der Waals surface area contributed by atoms with Crippen LogP contribution in [0.4, 0.5) is 0 Å².